The number of imide groups is 2. The molecule has 4 amide bonds. The van der Waals surface area contributed by atoms with Crippen molar-refractivity contribution >= 4 is 17.8 Å². The number of amides is 4. The third kappa shape index (κ3) is 3.43. The van der Waals surface area contributed by atoms with Crippen molar-refractivity contribution in [1.29, 1.82) is 0 Å². The van der Waals surface area contributed by atoms with E-state index in [2.05, 4.69) is 10.2 Å². The summed E-state index contributed by atoms with van der Waals surface area (Å²) in [5, 5.41) is 2.36. The van der Waals surface area contributed by atoms with Crippen molar-refractivity contribution in [3.63, 3.8) is 0 Å². The van der Waals surface area contributed by atoms with Crippen LogP contribution in [0.3, 0.4) is 0 Å². The average molecular weight is 295 g/mol. The highest BCUT2D eigenvalue weighted by Gasteiger charge is 2.45. The fourth-order valence-electron chi connectivity index (χ4n) is 3.33. The molecule has 0 bridgehead atoms. The number of carbonyl (C=O) groups is 3. The van der Waals surface area contributed by atoms with E-state index in [9.17, 15) is 14.4 Å². The first-order valence-corrected chi connectivity index (χ1v) is 7.97. The Bertz CT molecular complexity index is 414. The van der Waals surface area contributed by atoms with Gasteiger partial charge in [0.2, 0.25) is 11.8 Å². The van der Waals surface area contributed by atoms with Crippen molar-refractivity contribution in [3.8, 4) is 0 Å². The van der Waals surface area contributed by atoms with Crippen molar-refractivity contribution < 1.29 is 14.4 Å². The Labute approximate surface area is 125 Å². The van der Waals surface area contributed by atoms with Crippen molar-refractivity contribution in [2.24, 2.45) is 11.8 Å². The third-order valence-electron chi connectivity index (χ3n) is 4.70. The Balaban J connectivity index is 2.04. The van der Waals surface area contributed by atoms with Gasteiger partial charge in [-0.05, 0) is 31.8 Å². The lowest BCUT2D eigenvalue weighted by molar-refractivity contribution is -0.145. The van der Waals surface area contributed by atoms with E-state index in [-0.39, 0.29) is 11.8 Å². The SMILES string of the molecule is CCN(CC)CCN1C(=O)NC(=O)C(C2CCCC2)C1=O. The average Bonchev–Trinajstić information content (AvgIpc) is 2.96. The van der Waals surface area contributed by atoms with Crippen LogP contribution in [0.2, 0.25) is 0 Å². The number of nitrogens with zero attached hydrogens (tertiary/aromatic N) is 2. The van der Waals surface area contributed by atoms with E-state index < -0.39 is 17.9 Å². The molecular weight excluding hydrogens is 270 g/mol. The molecule has 118 valence electrons. The fourth-order valence-corrected chi connectivity index (χ4v) is 3.33. The highest BCUT2D eigenvalue weighted by atomic mass is 16.2. The van der Waals surface area contributed by atoms with Gasteiger partial charge in [0.15, 0.2) is 0 Å². The van der Waals surface area contributed by atoms with Gasteiger partial charge in [0.05, 0.1) is 0 Å². The van der Waals surface area contributed by atoms with Gasteiger partial charge >= 0.3 is 6.03 Å². The minimum Gasteiger partial charge on any atom is -0.302 e. The lowest BCUT2D eigenvalue weighted by Gasteiger charge is -2.33. The maximum absolute atomic E-state index is 12.5. The number of hydrogen-bond donors (Lipinski definition) is 1. The number of hydrogen-bond acceptors (Lipinski definition) is 4. The van der Waals surface area contributed by atoms with Crippen molar-refractivity contribution in [2.45, 2.75) is 39.5 Å². The second-order valence-electron chi connectivity index (χ2n) is 5.83. The maximum atomic E-state index is 12.5. The van der Waals surface area contributed by atoms with Crippen LogP contribution in [0.1, 0.15) is 39.5 Å². The topological polar surface area (TPSA) is 69.7 Å². The second kappa shape index (κ2) is 7.02. The van der Waals surface area contributed by atoms with E-state index in [1.54, 1.807) is 0 Å². The van der Waals surface area contributed by atoms with Gasteiger partial charge in [-0.25, -0.2) is 4.79 Å². The minimum atomic E-state index is -0.665. The molecule has 1 atom stereocenters. The van der Waals surface area contributed by atoms with Crippen molar-refractivity contribution in [2.75, 3.05) is 26.2 Å². The molecule has 0 aromatic heterocycles. The molecular formula is C15H25N3O3. The number of likely N-dealkylation sites (N-methyl/N-ethyl adjacent to an activating group) is 1. The van der Waals surface area contributed by atoms with Crippen LogP contribution >= 0.6 is 0 Å². The number of barbiturate groups is 1. The first kappa shape index (κ1) is 15.9. The van der Waals surface area contributed by atoms with Gasteiger partial charge in [-0.2, -0.15) is 0 Å². The Morgan fingerprint density at radius 1 is 1.14 bits per heavy atom. The second-order valence-corrected chi connectivity index (χ2v) is 5.83. The zero-order valence-corrected chi connectivity index (χ0v) is 12.9. The number of nitrogens with one attached hydrogen (secondary N) is 1. The summed E-state index contributed by atoms with van der Waals surface area (Å²) in [6.07, 6.45) is 3.94. The number of carbonyl (C=O) groups excluding carboxylic acids is 3. The normalized spacial score (nSPS) is 24.0. The van der Waals surface area contributed by atoms with Crippen LogP contribution in [0.4, 0.5) is 4.79 Å². The molecule has 1 saturated heterocycles. The lowest BCUT2D eigenvalue weighted by atomic mass is 9.87. The van der Waals surface area contributed by atoms with E-state index in [0.717, 1.165) is 38.8 Å². The van der Waals surface area contributed by atoms with E-state index in [0.29, 0.717) is 13.1 Å². The minimum absolute atomic E-state index is 0.0987. The molecule has 1 aliphatic carbocycles. The lowest BCUT2D eigenvalue weighted by Crippen LogP contribution is -2.60. The summed E-state index contributed by atoms with van der Waals surface area (Å²) in [7, 11) is 0. The molecule has 2 rings (SSSR count). The summed E-state index contributed by atoms with van der Waals surface area (Å²) < 4.78 is 0. The first-order valence-electron chi connectivity index (χ1n) is 7.97. The molecule has 1 heterocycles. The molecule has 2 fully saturated rings. The fraction of sp³-hybridized carbons (Fsp3) is 0.800. The zero-order valence-electron chi connectivity index (χ0n) is 12.9. The van der Waals surface area contributed by atoms with Gasteiger partial charge in [-0.1, -0.05) is 26.7 Å². The summed E-state index contributed by atoms with van der Waals surface area (Å²) in [6.45, 7) is 6.86. The smallest absolute Gasteiger partial charge is 0.302 e. The molecule has 1 unspecified atom stereocenters. The molecule has 1 saturated carbocycles. The van der Waals surface area contributed by atoms with Crippen LogP contribution in [0, 0.1) is 11.8 Å². The largest absolute Gasteiger partial charge is 0.330 e. The number of rotatable bonds is 6. The molecule has 0 aromatic carbocycles. The quantitative estimate of drug-likeness (QED) is 0.748. The maximum Gasteiger partial charge on any atom is 0.330 e. The molecule has 1 aliphatic heterocycles. The van der Waals surface area contributed by atoms with Gasteiger partial charge in [0, 0.05) is 13.1 Å². The summed E-state index contributed by atoms with van der Waals surface area (Å²) in [4.78, 5) is 39.9. The van der Waals surface area contributed by atoms with Gasteiger partial charge in [0.1, 0.15) is 5.92 Å². The van der Waals surface area contributed by atoms with E-state index in [1.807, 2.05) is 13.8 Å². The van der Waals surface area contributed by atoms with Crippen LogP contribution in [-0.4, -0.2) is 53.8 Å². The monoisotopic (exact) mass is 295 g/mol. The van der Waals surface area contributed by atoms with E-state index in [1.165, 1.54) is 4.90 Å². The Kier molecular flexibility index (Phi) is 5.33. The Hall–Kier alpha value is -1.43. The third-order valence-corrected chi connectivity index (χ3v) is 4.70. The predicted octanol–water partition coefficient (Wildman–Crippen LogP) is 1.21. The summed E-state index contributed by atoms with van der Waals surface area (Å²) in [6, 6.07) is -0.564. The van der Waals surface area contributed by atoms with Crippen LogP contribution in [-0.2, 0) is 9.59 Å². The predicted molar refractivity (Wildman–Crippen MR) is 78.5 cm³/mol. The number of urea groups is 1. The van der Waals surface area contributed by atoms with E-state index >= 15 is 0 Å². The van der Waals surface area contributed by atoms with Crippen molar-refractivity contribution in [3.05, 3.63) is 0 Å². The van der Waals surface area contributed by atoms with Gasteiger partial charge < -0.3 is 4.90 Å². The molecule has 0 aromatic rings. The van der Waals surface area contributed by atoms with Crippen LogP contribution in [0.15, 0.2) is 0 Å². The highest BCUT2D eigenvalue weighted by Crippen LogP contribution is 2.33. The molecule has 0 spiro atoms. The van der Waals surface area contributed by atoms with Crippen molar-refractivity contribution in [1.82, 2.24) is 15.1 Å². The molecule has 6 heteroatoms. The zero-order chi connectivity index (χ0) is 15.4. The highest BCUT2D eigenvalue weighted by molar-refractivity contribution is 6.16. The molecule has 2 aliphatic rings. The molecule has 1 N–H and O–H groups in total. The summed E-state index contributed by atoms with van der Waals surface area (Å²) in [5.41, 5.74) is 0. The Morgan fingerprint density at radius 3 is 2.33 bits per heavy atom. The van der Waals surface area contributed by atoms with Crippen LogP contribution in [0.5, 0.6) is 0 Å². The van der Waals surface area contributed by atoms with Crippen LogP contribution in [0.25, 0.3) is 0 Å². The molecule has 21 heavy (non-hydrogen) atoms. The Morgan fingerprint density at radius 2 is 1.76 bits per heavy atom. The summed E-state index contributed by atoms with van der Waals surface area (Å²) >= 11 is 0. The van der Waals surface area contributed by atoms with Crippen LogP contribution < -0.4 is 5.32 Å². The van der Waals surface area contributed by atoms with Gasteiger partial charge in [-0.15, -0.1) is 0 Å². The molecule has 0 radical (unpaired) electrons. The first-order chi connectivity index (χ1) is 10.1. The summed E-state index contributed by atoms with van der Waals surface area (Å²) in [5.74, 6) is -1.28. The standard InChI is InChI=1S/C15H25N3O3/c1-3-17(4-2)9-10-18-14(20)12(11-7-5-6-8-11)13(19)16-15(18)21/h11-12H,3-10H2,1-2H3,(H,16,19,21). The van der Waals surface area contributed by atoms with E-state index in [4.69, 9.17) is 0 Å². The molecule has 6 nitrogen and oxygen atoms in total. The van der Waals surface area contributed by atoms with Gasteiger partial charge in [0.25, 0.3) is 0 Å². The van der Waals surface area contributed by atoms with Gasteiger partial charge in [-0.3, -0.25) is 19.8 Å².